The third-order valence-corrected chi connectivity index (χ3v) is 3.71. The van der Waals surface area contributed by atoms with Gasteiger partial charge in [0.15, 0.2) is 6.61 Å². The van der Waals surface area contributed by atoms with Crippen molar-refractivity contribution in [1.82, 2.24) is 15.3 Å². The predicted octanol–water partition coefficient (Wildman–Crippen LogP) is 2.85. The molecule has 0 saturated heterocycles. The number of ether oxygens (including phenoxy) is 2. The Labute approximate surface area is 151 Å². The minimum absolute atomic E-state index is 0.0738. The first kappa shape index (κ1) is 17.4. The molecule has 0 aliphatic heterocycles. The molecule has 0 spiro atoms. The normalized spacial score (nSPS) is 10.2. The molecule has 6 nitrogen and oxygen atoms in total. The van der Waals surface area contributed by atoms with Gasteiger partial charge in [0, 0.05) is 36.8 Å². The number of carbonyl (C=O) groups excluding carboxylic acids is 1. The van der Waals surface area contributed by atoms with E-state index in [2.05, 4.69) is 15.3 Å². The van der Waals surface area contributed by atoms with Crippen LogP contribution in [-0.2, 0) is 11.3 Å². The Hall–Kier alpha value is -3.41. The van der Waals surface area contributed by atoms with Crippen molar-refractivity contribution in [3.8, 4) is 22.8 Å². The zero-order valence-corrected chi connectivity index (χ0v) is 14.4. The van der Waals surface area contributed by atoms with Crippen LogP contribution in [0.25, 0.3) is 11.3 Å². The summed E-state index contributed by atoms with van der Waals surface area (Å²) in [5, 5.41) is 2.85. The van der Waals surface area contributed by atoms with Crippen LogP contribution in [0.5, 0.6) is 11.5 Å². The zero-order chi connectivity index (χ0) is 18.2. The summed E-state index contributed by atoms with van der Waals surface area (Å²) in [5.41, 5.74) is 2.62. The van der Waals surface area contributed by atoms with Crippen molar-refractivity contribution >= 4 is 5.91 Å². The molecule has 0 atom stereocenters. The van der Waals surface area contributed by atoms with Gasteiger partial charge in [0.25, 0.3) is 5.91 Å². The molecule has 0 saturated carbocycles. The number of benzene rings is 1. The molecule has 0 aliphatic rings. The van der Waals surface area contributed by atoms with E-state index in [1.807, 2.05) is 36.4 Å². The molecule has 0 radical (unpaired) electrons. The number of methoxy groups -OCH3 is 1. The maximum Gasteiger partial charge on any atom is 0.258 e. The van der Waals surface area contributed by atoms with Crippen LogP contribution in [0.1, 0.15) is 5.56 Å². The summed E-state index contributed by atoms with van der Waals surface area (Å²) in [6, 6.07) is 14.7. The molecule has 2 aromatic heterocycles. The summed E-state index contributed by atoms with van der Waals surface area (Å²) in [5.74, 6) is 1.05. The van der Waals surface area contributed by atoms with Crippen LogP contribution in [0.2, 0.25) is 0 Å². The van der Waals surface area contributed by atoms with Gasteiger partial charge in [-0.1, -0.05) is 12.1 Å². The number of rotatable bonds is 7. The number of hydrogen-bond donors (Lipinski definition) is 1. The summed E-state index contributed by atoms with van der Waals surface area (Å²) in [6.07, 6.45) is 5.18. The van der Waals surface area contributed by atoms with E-state index in [9.17, 15) is 4.79 Å². The highest BCUT2D eigenvalue weighted by Crippen LogP contribution is 2.20. The Bertz CT molecular complexity index is 869. The molecular formula is C20H19N3O3. The molecule has 132 valence electrons. The quantitative estimate of drug-likeness (QED) is 0.710. The van der Waals surface area contributed by atoms with Gasteiger partial charge in [0.1, 0.15) is 11.5 Å². The first-order chi connectivity index (χ1) is 12.8. The van der Waals surface area contributed by atoms with Crippen LogP contribution in [0.4, 0.5) is 0 Å². The number of nitrogens with one attached hydrogen (secondary N) is 1. The Balaban J connectivity index is 1.58. The van der Waals surface area contributed by atoms with Crippen molar-refractivity contribution in [1.29, 1.82) is 0 Å². The van der Waals surface area contributed by atoms with Gasteiger partial charge in [-0.2, -0.15) is 0 Å². The Morgan fingerprint density at radius 2 is 1.92 bits per heavy atom. The maximum atomic E-state index is 12.1. The average Bonchev–Trinajstić information content (AvgIpc) is 2.71. The van der Waals surface area contributed by atoms with Crippen molar-refractivity contribution in [2.45, 2.75) is 6.54 Å². The lowest BCUT2D eigenvalue weighted by molar-refractivity contribution is -0.123. The maximum absolute atomic E-state index is 12.1. The van der Waals surface area contributed by atoms with E-state index in [0.717, 1.165) is 16.8 Å². The first-order valence-corrected chi connectivity index (χ1v) is 8.14. The zero-order valence-electron chi connectivity index (χ0n) is 14.4. The molecule has 1 amide bonds. The molecule has 3 aromatic rings. The standard InChI is InChI=1S/C20H19N3O3/c1-25-17-7-2-8-18(11-17)26-14-19(24)23-13-16-6-4-10-22-20(16)15-5-3-9-21-12-15/h2-12H,13-14H2,1H3,(H,23,24). The molecule has 6 heteroatoms. The highest BCUT2D eigenvalue weighted by molar-refractivity contribution is 5.77. The van der Waals surface area contributed by atoms with E-state index in [4.69, 9.17) is 9.47 Å². The van der Waals surface area contributed by atoms with Crippen LogP contribution in [0.3, 0.4) is 0 Å². The summed E-state index contributed by atoms with van der Waals surface area (Å²) in [6.45, 7) is 0.286. The number of hydrogen-bond acceptors (Lipinski definition) is 5. The number of nitrogens with zero attached hydrogens (tertiary/aromatic N) is 2. The van der Waals surface area contributed by atoms with Gasteiger partial charge in [-0.15, -0.1) is 0 Å². The van der Waals surface area contributed by atoms with Crippen molar-refractivity contribution in [2.24, 2.45) is 0 Å². The second-order valence-electron chi connectivity index (χ2n) is 5.50. The fraction of sp³-hybridized carbons (Fsp3) is 0.150. The lowest BCUT2D eigenvalue weighted by Gasteiger charge is -2.11. The third-order valence-electron chi connectivity index (χ3n) is 3.71. The molecule has 1 aromatic carbocycles. The first-order valence-electron chi connectivity index (χ1n) is 8.14. The smallest absolute Gasteiger partial charge is 0.258 e. The van der Waals surface area contributed by atoms with Crippen LogP contribution in [0, 0.1) is 0 Å². The SMILES string of the molecule is COc1cccc(OCC(=O)NCc2cccnc2-c2cccnc2)c1. The van der Waals surface area contributed by atoms with Crippen molar-refractivity contribution < 1.29 is 14.3 Å². The summed E-state index contributed by atoms with van der Waals surface area (Å²) < 4.78 is 10.6. The van der Waals surface area contributed by atoms with Gasteiger partial charge in [-0.3, -0.25) is 14.8 Å². The van der Waals surface area contributed by atoms with Crippen LogP contribution < -0.4 is 14.8 Å². The Morgan fingerprint density at radius 1 is 1.08 bits per heavy atom. The number of aromatic nitrogens is 2. The number of amides is 1. The van der Waals surface area contributed by atoms with Gasteiger partial charge < -0.3 is 14.8 Å². The van der Waals surface area contributed by atoms with Gasteiger partial charge in [-0.05, 0) is 35.9 Å². The fourth-order valence-corrected chi connectivity index (χ4v) is 2.43. The third kappa shape index (κ3) is 4.57. The lowest BCUT2D eigenvalue weighted by atomic mass is 10.1. The molecule has 2 heterocycles. The number of pyridine rings is 2. The van der Waals surface area contributed by atoms with Crippen molar-refractivity contribution in [2.75, 3.05) is 13.7 Å². The number of carbonyl (C=O) groups is 1. The van der Waals surface area contributed by atoms with E-state index in [0.29, 0.717) is 18.0 Å². The highest BCUT2D eigenvalue weighted by atomic mass is 16.5. The Morgan fingerprint density at radius 3 is 2.73 bits per heavy atom. The van der Waals surface area contributed by atoms with Crippen molar-refractivity contribution in [3.05, 3.63) is 72.7 Å². The van der Waals surface area contributed by atoms with Crippen LogP contribution >= 0.6 is 0 Å². The van der Waals surface area contributed by atoms with E-state index in [-0.39, 0.29) is 12.5 Å². The molecule has 3 rings (SSSR count). The second kappa shape index (κ2) is 8.62. The topological polar surface area (TPSA) is 73.3 Å². The summed E-state index contributed by atoms with van der Waals surface area (Å²) in [4.78, 5) is 20.6. The molecule has 0 unspecified atom stereocenters. The molecule has 0 bridgehead atoms. The van der Waals surface area contributed by atoms with Crippen LogP contribution in [-0.4, -0.2) is 29.6 Å². The Kier molecular flexibility index (Phi) is 5.77. The summed E-state index contributed by atoms with van der Waals surface area (Å²) >= 11 is 0. The van der Waals surface area contributed by atoms with Crippen molar-refractivity contribution in [3.63, 3.8) is 0 Å². The highest BCUT2D eigenvalue weighted by Gasteiger charge is 2.09. The van der Waals surface area contributed by atoms with E-state index >= 15 is 0 Å². The monoisotopic (exact) mass is 349 g/mol. The molecule has 1 N–H and O–H groups in total. The molecule has 0 fully saturated rings. The van der Waals surface area contributed by atoms with E-state index < -0.39 is 0 Å². The van der Waals surface area contributed by atoms with Crippen LogP contribution in [0.15, 0.2) is 67.1 Å². The van der Waals surface area contributed by atoms with Gasteiger partial charge in [0.05, 0.1) is 12.8 Å². The fourth-order valence-electron chi connectivity index (χ4n) is 2.43. The van der Waals surface area contributed by atoms with Gasteiger partial charge >= 0.3 is 0 Å². The predicted molar refractivity (Wildman–Crippen MR) is 97.8 cm³/mol. The average molecular weight is 349 g/mol. The van der Waals surface area contributed by atoms with E-state index in [1.165, 1.54) is 0 Å². The molecular weight excluding hydrogens is 330 g/mol. The second-order valence-corrected chi connectivity index (χ2v) is 5.50. The molecule has 26 heavy (non-hydrogen) atoms. The largest absolute Gasteiger partial charge is 0.497 e. The minimum Gasteiger partial charge on any atom is -0.497 e. The van der Waals surface area contributed by atoms with Gasteiger partial charge in [0.2, 0.25) is 0 Å². The lowest BCUT2D eigenvalue weighted by Crippen LogP contribution is -2.28. The summed E-state index contributed by atoms with van der Waals surface area (Å²) in [7, 11) is 1.58. The molecule has 0 aliphatic carbocycles. The van der Waals surface area contributed by atoms with E-state index in [1.54, 1.807) is 37.8 Å². The van der Waals surface area contributed by atoms with Gasteiger partial charge in [-0.25, -0.2) is 0 Å². The minimum atomic E-state index is -0.214.